The SMILES string of the molecule is CCc1ccc(S(=O)(=O)NCc2nnn3c2CNC(=O)C3C(C)C)cc1. The third-order valence-corrected chi connectivity index (χ3v) is 5.95. The summed E-state index contributed by atoms with van der Waals surface area (Å²) < 4.78 is 29.1. The van der Waals surface area contributed by atoms with Gasteiger partial charge in [-0.25, -0.2) is 17.8 Å². The molecule has 2 N–H and O–H groups in total. The van der Waals surface area contributed by atoms with Gasteiger partial charge in [0.05, 0.1) is 23.7 Å². The highest BCUT2D eigenvalue weighted by Crippen LogP contribution is 2.24. The maximum absolute atomic E-state index is 12.5. The molecular formula is C17H23N5O3S. The quantitative estimate of drug-likeness (QED) is 0.785. The molecule has 0 fully saturated rings. The summed E-state index contributed by atoms with van der Waals surface area (Å²) >= 11 is 0. The molecule has 3 rings (SSSR count). The average Bonchev–Trinajstić information content (AvgIpc) is 3.02. The molecule has 0 bridgehead atoms. The molecule has 1 aromatic carbocycles. The maximum Gasteiger partial charge on any atom is 0.245 e. The van der Waals surface area contributed by atoms with Crippen LogP contribution >= 0.6 is 0 Å². The summed E-state index contributed by atoms with van der Waals surface area (Å²) in [5, 5.41) is 11.0. The van der Waals surface area contributed by atoms with E-state index in [2.05, 4.69) is 20.4 Å². The van der Waals surface area contributed by atoms with E-state index in [0.29, 0.717) is 5.69 Å². The second-order valence-corrected chi connectivity index (χ2v) is 8.42. The molecule has 0 aliphatic carbocycles. The minimum Gasteiger partial charge on any atom is -0.349 e. The van der Waals surface area contributed by atoms with Crippen molar-refractivity contribution in [2.45, 2.75) is 51.2 Å². The Morgan fingerprint density at radius 1 is 1.31 bits per heavy atom. The average molecular weight is 377 g/mol. The van der Waals surface area contributed by atoms with Crippen LogP contribution in [0.3, 0.4) is 0 Å². The number of benzene rings is 1. The molecule has 1 atom stereocenters. The zero-order chi connectivity index (χ0) is 18.9. The Kier molecular flexibility index (Phi) is 5.10. The molecule has 0 radical (unpaired) electrons. The fourth-order valence-electron chi connectivity index (χ4n) is 3.01. The standard InChI is InChI=1S/C17H23N5O3S/c1-4-12-5-7-13(8-6-12)26(24,25)19-9-14-15-10-18-17(23)16(11(2)3)22(15)21-20-14/h5-8,11,16,19H,4,9-10H2,1-3H3,(H,18,23). The van der Waals surface area contributed by atoms with Crippen LogP contribution in [0.2, 0.25) is 0 Å². The van der Waals surface area contributed by atoms with Crippen molar-refractivity contribution in [2.75, 3.05) is 0 Å². The highest BCUT2D eigenvalue weighted by Gasteiger charge is 2.33. The van der Waals surface area contributed by atoms with Gasteiger partial charge >= 0.3 is 0 Å². The predicted octanol–water partition coefficient (Wildman–Crippen LogP) is 1.15. The lowest BCUT2D eigenvalue weighted by atomic mass is 10.0. The fourth-order valence-corrected chi connectivity index (χ4v) is 4.00. The molecule has 1 aliphatic heterocycles. The van der Waals surface area contributed by atoms with Gasteiger partial charge in [0.25, 0.3) is 0 Å². The number of aryl methyl sites for hydroxylation is 1. The number of carbonyl (C=O) groups excluding carboxylic acids is 1. The molecule has 1 aromatic heterocycles. The van der Waals surface area contributed by atoms with Crippen molar-refractivity contribution in [2.24, 2.45) is 5.92 Å². The van der Waals surface area contributed by atoms with Crippen molar-refractivity contribution in [1.82, 2.24) is 25.0 Å². The summed E-state index contributed by atoms with van der Waals surface area (Å²) in [6.45, 7) is 6.19. The minimum atomic E-state index is -3.64. The van der Waals surface area contributed by atoms with Crippen molar-refractivity contribution in [3.63, 3.8) is 0 Å². The van der Waals surface area contributed by atoms with Crippen LogP contribution in [-0.4, -0.2) is 29.3 Å². The summed E-state index contributed by atoms with van der Waals surface area (Å²) in [5.74, 6) is -0.0436. The van der Waals surface area contributed by atoms with Crippen LogP contribution in [0.5, 0.6) is 0 Å². The summed E-state index contributed by atoms with van der Waals surface area (Å²) in [5.41, 5.74) is 2.32. The fraction of sp³-hybridized carbons (Fsp3) is 0.471. The molecule has 2 heterocycles. The number of nitrogens with zero attached hydrogens (tertiary/aromatic N) is 3. The zero-order valence-electron chi connectivity index (χ0n) is 15.1. The van der Waals surface area contributed by atoms with E-state index in [-0.39, 0.29) is 29.8 Å². The Balaban J connectivity index is 1.78. The maximum atomic E-state index is 12.5. The molecule has 0 spiro atoms. The van der Waals surface area contributed by atoms with Gasteiger partial charge in [0.1, 0.15) is 11.7 Å². The Labute approximate surface area is 153 Å². The lowest BCUT2D eigenvalue weighted by molar-refractivity contribution is -0.127. The van der Waals surface area contributed by atoms with E-state index >= 15 is 0 Å². The summed E-state index contributed by atoms with van der Waals surface area (Å²) in [6.07, 6.45) is 0.850. The van der Waals surface area contributed by atoms with E-state index in [1.807, 2.05) is 20.8 Å². The van der Waals surface area contributed by atoms with E-state index in [1.165, 1.54) is 0 Å². The second-order valence-electron chi connectivity index (χ2n) is 6.66. The van der Waals surface area contributed by atoms with Gasteiger partial charge in [-0.1, -0.05) is 38.1 Å². The molecule has 0 saturated heterocycles. The first-order chi connectivity index (χ1) is 12.3. The first kappa shape index (κ1) is 18.5. The Bertz CT molecular complexity index is 903. The predicted molar refractivity (Wildman–Crippen MR) is 95.6 cm³/mol. The van der Waals surface area contributed by atoms with Crippen molar-refractivity contribution in [3.8, 4) is 0 Å². The van der Waals surface area contributed by atoms with E-state index in [1.54, 1.807) is 28.9 Å². The number of rotatable bonds is 6. The number of carbonyl (C=O) groups is 1. The molecule has 8 nitrogen and oxygen atoms in total. The third kappa shape index (κ3) is 3.49. The molecule has 9 heteroatoms. The van der Waals surface area contributed by atoms with Gasteiger partial charge in [0.15, 0.2) is 0 Å². The van der Waals surface area contributed by atoms with Crippen LogP contribution in [-0.2, 0) is 34.3 Å². The van der Waals surface area contributed by atoms with Crippen LogP contribution in [0.15, 0.2) is 29.2 Å². The normalized spacial score (nSPS) is 17.2. The minimum absolute atomic E-state index is 0.0217. The van der Waals surface area contributed by atoms with Crippen molar-refractivity contribution >= 4 is 15.9 Å². The van der Waals surface area contributed by atoms with Crippen LogP contribution in [0.4, 0.5) is 0 Å². The van der Waals surface area contributed by atoms with Gasteiger partial charge in [-0.05, 0) is 30.0 Å². The molecule has 1 unspecified atom stereocenters. The molecule has 1 aliphatic rings. The van der Waals surface area contributed by atoms with E-state index < -0.39 is 16.1 Å². The molecule has 0 saturated carbocycles. The van der Waals surface area contributed by atoms with E-state index in [4.69, 9.17) is 0 Å². The number of amides is 1. The summed E-state index contributed by atoms with van der Waals surface area (Å²) in [4.78, 5) is 12.3. The van der Waals surface area contributed by atoms with Crippen molar-refractivity contribution < 1.29 is 13.2 Å². The Morgan fingerprint density at radius 2 is 2.00 bits per heavy atom. The molecule has 26 heavy (non-hydrogen) atoms. The van der Waals surface area contributed by atoms with Crippen molar-refractivity contribution in [3.05, 3.63) is 41.2 Å². The van der Waals surface area contributed by atoms with E-state index in [0.717, 1.165) is 17.7 Å². The summed E-state index contributed by atoms with van der Waals surface area (Å²) in [7, 11) is -3.64. The zero-order valence-corrected chi connectivity index (χ0v) is 15.9. The Morgan fingerprint density at radius 3 is 2.62 bits per heavy atom. The number of hydrogen-bond donors (Lipinski definition) is 2. The van der Waals surface area contributed by atoms with Gasteiger partial charge in [-0.3, -0.25) is 4.79 Å². The molecule has 140 valence electrons. The number of hydrogen-bond acceptors (Lipinski definition) is 5. The summed E-state index contributed by atoms with van der Waals surface area (Å²) in [6, 6.07) is 6.36. The third-order valence-electron chi connectivity index (χ3n) is 4.54. The Hall–Kier alpha value is -2.26. The van der Waals surface area contributed by atoms with Gasteiger partial charge in [0, 0.05) is 0 Å². The largest absolute Gasteiger partial charge is 0.349 e. The number of fused-ring (bicyclic) bond motifs is 1. The topological polar surface area (TPSA) is 106 Å². The van der Waals surface area contributed by atoms with Gasteiger partial charge in [-0.15, -0.1) is 5.10 Å². The second kappa shape index (κ2) is 7.16. The van der Waals surface area contributed by atoms with Crippen LogP contribution < -0.4 is 10.0 Å². The number of sulfonamides is 1. The lowest BCUT2D eigenvalue weighted by Gasteiger charge is -2.26. The first-order valence-electron chi connectivity index (χ1n) is 8.62. The monoisotopic (exact) mass is 377 g/mol. The number of aromatic nitrogens is 3. The molecule has 1 amide bonds. The smallest absolute Gasteiger partial charge is 0.245 e. The molecule has 2 aromatic rings. The van der Waals surface area contributed by atoms with E-state index in [9.17, 15) is 13.2 Å². The van der Waals surface area contributed by atoms with Gasteiger partial charge < -0.3 is 5.32 Å². The lowest BCUT2D eigenvalue weighted by Crippen LogP contribution is -2.42. The highest BCUT2D eigenvalue weighted by molar-refractivity contribution is 7.89. The van der Waals surface area contributed by atoms with Gasteiger partial charge in [0.2, 0.25) is 15.9 Å². The van der Waals surface area contributed by atoms with Crippen LogP contribution in [0.1, 0.15) is 43.8 Å². The van der Waals surface area contributed by atoms with Crippen LogP contribution in [0, 0.1) is 5.92 Å². The molecular weight excluding hydrogens is 354 g/mol. The van der Waals surface area contributed by atoms with Crippen molar-refractivity contribution in [1.29, 1.82) is 0 Å². The van der Waals surface area contributed by atoms with Gasteiger partial charge in [-0.2, -0.15) is 0 Å². The van der Waals surface area contributed by atoms with Crippen LogP contribution in [0.25, 0.3) is 0 Å². The number of nitrogens with one attached hydrogen (secondary N) is 2. The first-order valence-corrected chi connectivity index (χ1v) is 10.1. The highest BCUT2D eigenvalue weighted by atomic mass is 32.2.